The van der Waals surface area contributed by atoms with E-state index in [-0.39, 0.29) is 0 Å². The Kier molecular flexibility index (Phi) is 3.87. The predicted octanol–water partition coefficient (Wildman–Crippen LogP) is 2.87. The van der Waals surface area contributed by atoms with Crippen molar-refractivity contribution in [3.05, 3.63) is 33.8 Å². The number of nitrogens with one attached hydrogen (secondary N) is 1. The molecule has 1 atom stereocenters. The van der Waals surface area contributed by atoms with E-state index < -0.39 is 0 Å². The normalized spacial score (nSPS) is 20.8. The van der Waals surface area contributed by atoms with Crippen molar-refractivity contribution in [1.29, 1.82) is 0 Å². The van der Waals surface area contributed by atoms with Gasteiger partial charge in [0.2, 0.25) is 0 Å². The first-order chi connectivity index (χ1) is 7.24. The first-order valence-electron chi connectivity index (χ1n) is 5.00. The largest absolute Gasteiger partial charge is 0.380 e. The Morgan fingerprint density at radius 2 is 2.00 bits per heavy atom. The zero-order valence-corrected chi connectivity index (χ0v) is 9.81. The molecule has 1 aromatic carbocycles. The van der Waals surface area contributed by atoms with Gasteiger partial charge in [-0.25, -0.2) is 0 Å². The van der Waals surface area contributed by atoms with Gasteiger partial charge in [-0.1, -0.05) is 23.2 Å². The van der Waals surface area contributed by atoms with Crippen LogP contribution < -0.4 is 5.32 Å². The summed E-state index contributed by atoms with van der Waals surface area (Å²) in [4.78, 5) is 0. The molecule has 15 heavy (non-hydrogen) atoms. The second-order valence-corrected chi connectivity index (χ2v) is 4.59. The van der Waals surface area contributed by atoms with E-state index in [4.69, 9.17) is 27.9 Å². The third kappa shape index (κ3) is 3.35. The van der Waals surface area contributed by atoms with Gasteiger partial charge in [-0.3, -0.25) is 0 Å². The highest BCUT2D eigenvalue weighted by atomic mass is 35.5. The molecule has 1 N–H and O–H groups in total. The molecule has 0 bridgehead atoms. The van der Waals surface area contributed by atoms with Crippen LogP contribution in [0.15, 0.2) is 18.2 Å². The lowest BCUT2D eigenvalue weighted by Crippen LogP contribution is -2.28. The monoisotopic (exact) mass is 245 g/mol. The Balaban J connectivity index is 1.92. The first-order valence-corrected chi connectivity index (χ1v) is 5.76. The van der Waals surface area contributed by atoms with Crippen LogP contribution in [0, 0.1) is 0 Å². The highest BCUT2D eigenvalue weighted by Gasteiger charge is 2.14. The average Bonchev–Trinajstić information content (AvgIpc) is 2.65. The van der Waals surface area contributed by atoms with Crippen molar-refractivity contribution < 1.29 is 4.74 Å². The predicted molar refractivity (Wildman–Crippen MR) is 62.5 cm³/mol. The molecule has 1 aromatic rings. The van der Waals surface area contributed by atoms with Crippen LogP contribution in [0.1, 0.15) is 12.0 Å². The van der Waals surface area contributed by atoms with E-state index in [0.29, 0.717) is 16.1 Å². The van der Waals surface area contributed by atoms with E-state index in [9.17, 15) is 0 Å². The summed E-state index contributed by atoms with van der Waals surface area (Å²) >= 11 is 11.8. The molecular weight excluding hydrogens is 233 g/mol. The van der Waals surface area contributed by atoms with Crippen LogP contribution in [0.25, 0.3) is 0 Å². The van der Waals surface area contributed by atoms with Crippen molar-refractivity contribution in [2.45, 2.75) is 19.0 Å². The van der Waals surface area contributed by atoms with Crippen molar-refractivity contribution >= 4 is 23.2 Å². The molecule has 1 fully saturated rings. The van der Waals surface area contributed by atoms with Gasteiger partial charge in [0.1, 0.15) is 0 Å². The summed E-state index contributed by atoms with van der Waals surface area (Å²) < 4.78 is 5.28. The van der Waals surface area contributed by atoms with E-state index in [1.165, 1.54) is 0 Å². The number of ether oxygens (including phenoxy) is 1. The van der Waals surface area contributed by atoms with Gasteiger partial charge in [-0.05, 0) is 30.2 Å². The molecule has 1 aliphatic rings. The highest BCUT2D eigenvalue weighted by molar-refractivity contribution is 6.34. The van der Waals surface area contributed by atoms with Gasteiger partial charge in [0, 0.05) is 29.2 Å². The number of rotatable bonds is 3. The van der Waals surface area contributed by atoms with Gasteiger partial charge in [-0.15, -0.1) is 0 Å². The van der Waals surface area contributed by atoms with E-state index in [2.05, 4.69) is 5.32 Å². The number of benzene rings is 1. The molecule has 2 rings (SSSR count). The Morgan fingerprint density at radius 3 is 2.60 bits per heavy atom. The third-order valence-corrected chi connectivity index (χ3v) is 2.88. The summed E-state index contributed by atoms with van der Waals surface area (Å²) in [6, 6.07) is 6.06. The van der Waals surface area contributed by atoms with Gasteiger partial charge in [0.25, 0.3) is 0 Å². The van der Waals surface area contributed by atoms with Crippen LogP contribution in [0.2, 0.25) is 10.0 Å². The summed E-state index contributed by atoms with van der Waals surface area (Å²) in [7, 11) is 0. The summed E-state index contributed by atoms with van der Waals surface area (Å²) in [5.74, 6) is 0. The van der Waals surface area contributed by atoms with Gasteiger partial charge in [0.15, 0.2) is 0 Å². The zero-order valence-electron chi connectivity index (χ0n) is 8.30. The van der Waals surface area contributed by atoms with E-state index >= 15 is 0 Å². The Hall–Kier alpha value is -0.280. The molecule has 1 aliphatic heterocycles. The smallest absolute Gasteiger partial charge is 0.0620 e. The quantitative estimate of drug-likeness (QED) is 0.885. The average molecular weight is 246 g/mol. The molecular formula is C11H13Cl2NO. The minimum Gasteiger partial charge on any atom is -0.380 e. The Morgan fingerprint density at radius 1 is 1.27 bits per heavy atom. The fourth-order valence-corrected chi connectivity index (χ4v) is 2.24. The molecule has 0 aliphatic carbocycles. The highest BCUT2D eigenvalue weighted by Crippen LogP contribution is 2.19. The molecule has 0 spiro atoms. The minimum absolute atomic E-state index is 0.461. The maximum Gasteiger partial charge on any atom is 0.0620 e. The second-order valence-electron chi connectivity index (χ2n) is 3.72. The third-order valence-electron chi connectivity index (χ3n) is 2.45. The summed E-state index contributed by atoms with van der Waals surface area (Å²) in [6.07, 6.45) is 1.08. The van der Waals surface area contributed by atoms with Crippen molar-refractivity contribution in [3.8, 4) is 0 Å². The van der Waals surface area contributed by atoms with Crippen LogP contribution >= 0.6 is 23.2 Å². The number of hydrogen-bond donors (Lipinski definition) is 1. The van der Waals surface area contributed by atoms with Gasteiger partial charge in [0.05, 0.1) is 6.61 Å². The SMILES string of the molecule is Clc1cc(Cl)cc(CNC2CCOC2)c1. The molecule has 4 heteroatoms. The van der Waals surface area contributed by atoms with Crippen LogP contribution in [0.3, 0.4) is 0 Å². The lowest BCUT2D eigenvalue weighted by Gasteiger charge is -2.10. The lowest BCUT2D eigenvalue weighted by molar-refractivity contribution is 0.190. The Bertz CT molecular complexity index is 317. The molecule has 0 radical (unpaired) electrons. The lowest BCUT2D eigenvalue weighted by atomic mass is 10.2. The van der Waals surface area contributed by atoms with Crippen LogP contribution in [-0.2, 0) is 11.3 Å². The van der Waals surface area contributed by atoms with Gasteiger partial charge in [-0.2, -0.15) is 0 Å². The summed E-state index contributed by atoms with van der Waals surface area (Å²) in [5, 5.41) is 4.77. The Labute approximate surface area is 99.5 Å². The molecule has 0 aromatic heterocycles. The van der Waals surface area contributed by atoms with E-state index in [0.717, 1.165) is 31.7 Å². The molecule has 1 saturated heterocycles. The van der Waals surface area contributed by atoms with Crippen LogP contribution in [0.5, 0.6) is 0 Å². The summed E-state index contributed by atoms with van der Waals surface area (Å²) in [5.41, 5.74) is 1.11. The standard InChI is InChI=1S/C11H13Cl2NO/c12-9-3-8(4-10(13)5-9)6-14-11-1-2-15-7-11/h3-5,11,14H,1-2,6-7H2. The summed E-state index contributed by atoms with van der Waals surface area (Å²) in [6.45, 7) is 2.44. The number of hydrogen-bond acceptors (Lipinski definition) is 2. The second kappa shape index (κ2) is 5.17. The van der Waals surface area contributed by atoms with E-state index in [1.54, 1.807) is 6.07 Å². The fraction of sp³-hybridized carbons (Fsp3) is 0.455. The van der Waals surface area contributed by atoms with Crippen molar-refractivity contribution in [2.75, 3.05) is 13.2 Å². The van der Waals surface area contributed by atoms with Crippen molar-refractivity contribution in [1.82, 2.24) is 5.32 Å². The van der Waals surface area contributed by atoms with Crippen LogP contribution in [-0.4, -0.2) is 19.3 Å². The minimum atomic E-state index is 0.461. The van der Waals surface area contributed by atoms with Gasteiger partial charge < -0.3 is 10.1 Å². The molecule has 0 amide bonds. The first kappa shape index (κ1) is 11.2. The van der Waals surface area contributed by atoms with Crippen molar-refractivity contribution in [3.63, 3.8) is 0 Å². The molecule has 2 nitrogen and oxygen atoms in total. The van der Waals surface area contributed by atoms with E-state index in [1.807, 2.05) is 12.1 Å². The molecule has 0 saturated carbocycles. The van der Waals surface area contributed by atoms with Crippen molar-refractivity contribution in [2.24, 2.45) is 0 Å². The molecule has 1 unspecified atom stereocenters. The topological polar surface area (TPSA) is 21.3 Å². The molecule has 82 valence electrons. The fourth-order valence-electron chi connectivity index (χ4n) is 1.67. The zero-order chi connectivity index (χ0) is 10.7. The number of halogens is 2. The van der Waals surface area contributed by atoms with Gasteiger partial charge >= 0.3 is 0 Å². The molecule has 1 heterocycles. The maximum atomic E-state index is 5.91. The maximum absolute atomic E-state index is 5.91. The van der Waals surface area contributed by atoms with Crippen LogP contribution in [0.4, 0.5) is 0 Å².